The van der Waals surface area contributed by atoms with Crippen LogP contribution in [0, 0.1) is 0 Å². The van der Waals surface area contributed by atoms with Gasteiger partial charge in [0, 0.05) is 29.8 Å². The summed E-state index contributed by atoms with van der Waals surface area (Å²) in [6, 6.07) is 9.94. The lowest BCUT2D eigenvalue weighted by Gasteiger charge is -2.38. The maximum Gasteiger partial charge on any atom is 0.0610 e. The summed E-state index contributed by atoms with van der Waals surface area (Å²) in [5, 5.41) is 1.37. The van der Waals surface area contributed by atoms with Crippen molar-refractivity contribution in [3.05, 3.63) is 35.5 Å². The molecule has 120 valence electrons. The van der Waals surface area contributed by atoms with Crippen molar-refractivity contribution >= 4 is 10.9 Å². The topological polar surface area (TPSA) is 14.2 Å². The molecule has 0 bridgehead atoms. The number of hydrogen-bond acceptors (Lipinski definition) is 1. The highest BCUT2D eigenvalue weighted by Crippen LogP contribution is 2.41. The van der Waals surface area contributed by atoms with E-state index in [9.17, 15) is 0 Å². The van der Waals surface area contributed by atoms with Gasteiger partial charge in [0.05, 0.1) is 6.10 Å². The van der Waals surface area contributed by atoms with Gasteiger partial charge in [0.2, 0.25) is 0 Å². The van der Waals surface area contributed by atoms with Gasteiger partial charge < -0.3 is 9.30 Å². The van der Waals surface area contributed by atoms with Gasteiger partial charge in [-0.15, -0.1) is 0 Å². The van der Waals surface area contributed by atoms with E-state index in [0.717, 1.165) is 12.8 Å². The lowest BCUT2D eigenvalue weighted by molar-refractivity contribution is 0.00617. The van der Waals surface area contributed by atoms with Crippen molar-refractivity contribution in [3.8, 4) is 0 Å². The first-order valence-corrected chi connectivity index (χ1v) is 8.49. The Morgan fingerprint density at radius 1 is 1.14 bits per heavy atom. The Morgan fingerprint density at radius 3 is 2.36 bits per heavy atom. The number of ether oxygens (including phenoxy) is 1. The largest absolute Gasteiger partial charge is 0.381 e. The van der Waals surface area contributed by atoms with Crippen molar-refractivity contribution in [1.82, 2.24) is 4.57 Å². The molecule has 3 rings (SSSR count). The second kappa shape index (κ2) is 5.42. The summed E-state index contributed by atoms with van der Waals surface area (Å²) < 4.78 is 8.09. The van der Waals surface area contributed by atoms with Crippen LogP contribution in [-0.4, -0.2) is 17.8 Å². The maximum atomic E-state index is 5.50. The third-order valence-corrected chi connectivity index (χ3v) is 5.07. The Hall–Kier alpha value is -1.28. The first kappa shape index (κ1) is 15.6. The first-order chi connectivity index (χ1) is 10.3. The number of aromatic nitrogens is 1. The molecule has 0 aliphatic heterocycles. The average Bonchev–Trinajstić information content (AvgIpc) is 2.76. The van der Waals surface area contributed by atoms with Gasteiger partial charge in [-0.25, -0.2) is 0 Å². The third kappa shape index (κ3) is 2.58. The summed E-state index contributed by atoms with van der Waals surface area (Å²) in [5.74, 6) is 0.568. The Kier molecular flexibility index (Phi) is 3.84. The number of fused-ring (bicyclic) bond motifs is 1. The minimum absolute atomic E-state index is 0.162. The molecule has 0 spiro atoms. The molecule has 1 aliphatic carbocycles. The minimum Gasteiger partial charge on any atom is -0.381 e. The van der Waals surface area contributed by atoms with E-state index in [2.05, 4.69) is 63.5 Å². The van der Waals surface area contributed by atoms with Gasteiger partial charge >= 0.3 is 0 Å². The molecule has 1 fully saturated rings. The van der Waals surface area contributed by atoms with Crippen LogP contribution in [0.4, 0.5) is 0 Å². The molecule has 1 saturated carbocycles. The Balaban J connectivity index is 2.13. The van der Waals surface area contributed by atoms with Crippen LogP contribution in [0.3, 0.4) is 0 Å². The molecule has 0 radical (unpaired) electrons. The van der Waals surface area contributed by atoms with E-state index in [1.807, 2.05) is 7.11 Å². The summed E-state index contributed by atoms with van der Waals surface area (Å²) >= 11 is 0. The van der Waals surface area contributed by atoms with Crippen molar-refractivity contribution in [1.29, 1.82) is 0 Å². The van der Waals surface area contributed by atoms with E-state index in [4.69, 9.17) is 4.74 Å². The lowest BCUT2D eigenvalue weighted by atomic mass is 9.86. The normalized spacial score (nSPS) is 22.3. The molecule has 0 N–H and O–H groups in total. The van der Waals surface area contributed by atoms with Crippen LogP contribution >= 0.6 is 0 Å². The number of methoxy groups -OCH3 is 1. The smallest absolute Gasteiger partial charge is 0.0610 e. The minimum atomic E-state index is 0.162. The fourth-order valence-electron chi connectivity index (χ4n) is 3.51. The van der Waals surface area contributed by atoms with Crippen LogP contribution in [0.1, 0.15) is 70.7 Å². The lowest BCUT2D eigenvalue weighted by Crippen LogP contribution is -2.34. The van der Waals surface area contributed by atoms with Crippen molar-refractivity contribution in [3.63, 3.8) is 0 Å². The maximum absolute atomic E-state index is 5.50. The quantitative estimate of drug-likeness (QED) is 0.739. The van der Waals surface area contributed by atoms with Gasteiger partial charge in [-0.2, -0.15) is 0 Å². The summed E-state index contributed by atoms with van der Waals surface area (Å²) in [5.41, 5.74) is 4.43. The summed E-state index contributed by atoms with van der Waals surface area (Å²) in [7, 11) is 1.83. The van der Waals surface area contributed by atoms with Gasteiger partial charge in [0.15, 0.2) is 0 Å². The molecule has 2 aromatic rings. The Labute approximate surface area is 134 Å². The number of rotatable bonds is 3. The summed E-state index contributed by atoms with van der Waals surface area (Å²) in [4.78, 5) is 0. The van der Waals surface area contributed by atoms with Gasteiger partial charge in [0.1, 0.15) is 0 Å². The van der Waals surface area contributed by atoms with Gasteiger partial charge in [-0.05, 0) is 41.8 Å². The van der Waals surface area contributed by atoms with Crippen LogP contribution in [0.15, 0.2) is 24.3 Å². The molecular formula is C20H29NO. The van der Waals surface area contributed by atoms with Crippen molar-refractivity contribution in [2.24, 2.45) is 0 Å². The van der Waals surface area contributed by atoms with Gasteiger partial charge in [0.25, 0.3) is 0 Å². The van der Waals surface area contributed by atoms with Crippen LogP contribution in [0.25, 0.3) is 10.9 Å². The zero-order valence-corrected chi connectivity index (χ0v) is 14.8. The predicted octanol–water partition coefficient (Wildman–Crippen LogP) is 5.41. The predicted molar refractivity (Wildman–Crippen MR) is 93.8 cm³/mol. The molecule has 0 saturated heterocycles. The molecule has 2 heteroatoms. The highest BCUT2D eigenvalue weighted by atomic mass is 16.5. The molecular weight excluding hydrogens is 270 g/mol. The standard InChI is InChI=1S/C20H29NO/c1-13(2)14-7-8-15-10-19(20(3,4)5)21(18(15)9-14)16-11-17(12-16)22-6/h7-10,13,16-17H,11-12H2,1-6H3. The second-order valence-corrected chi connectivity index (χ2v) is 8.11. The van der Waals surface area contributed by atoms with E-state index in [1.54, 1.807) is 0 Å². The first-order valence-electron chi connectivity index (χ1n) is 8.49. The van der Waals surface area contributed by atoms with Gasteiger partial charge in [-0.1, -0.05) is 46.8 Å². The molecule has 22 heavy (non-hydrogen) atoms. The molecule has 1 heterocycles. The molecule has 1 aliphatic rings. The molecule has 1 aromatic heterocycles. The van der Waals surface area contributed by atoms with Crippen LogP contribution in [0.2, 0.25) is 0 Å². The molecule has 0 atom stereocenters. The number of nitrogens with zero attached hydrogens (tertiary/aromatic N) is 1. The number of benzene rings is 1. The monoisotopic (exact) mass is 299 g/mol. The van der Waals surface area contributed by atoms with E-state index in [1.165, 1.54) is 22.2 Å². The zero-order valence-electron chi connectivity index (χ0n) is 14.8. The molecule has 0 amide bonds. The fraction of sp³-hybridized carbons (Fsp3) is 0.600. The highest BCUT2D eigenvalue weighted by molar-refractivity contribution is 5.83. The van der Waals surface area contributed by atoms with Crippen molar-refractivity contribution in [2.45, 2.75) is 70.9 Å². The Morgan fingerprint density at radius 2 is 1.82 bits per heavy atom. The second-order valence-electron chi connectivity index (χ2n) is 8.11. The molecule has 2 nitrogen and oxygen atoms in total. The van der Waals surface area contributed by atoms with Crippen molar-refractivity contribution < 1.29 is 4.74 Å². The van der Waals surface area contributed by atoms with Gasteiger partial charge in [-0.3, -0.25) is 0 Å². The van der Waals surface area contributed by atoms with Crippen LogP contribution in [-0.2, 0) is 10.2 Å². The molecule has 0 unspecified atom stereocenters. The fourth-order valence-corrected chi connectivity index (χ4v) is 3.51. The third-order valence-electron chi connectivity index (χ3n) is 5.07. The van der Waals surface area contributed by atoms with E-state index in [-0.39, 0.29) is 5.41 Å². The highest BCUT2D eigenvalue weighted by Gasteiger charge is 2.34. The number of hydrogen-bond donors (Lipinski definition) is 0. The molecule has 1 aromatic carbocycles. The van der Waals surface area contributed by atoms with E-state index < -0.39 is 0 Å². The van der Waals surface area contributed by atoms with E-state index in [0.29, 0.717) is 18.1 Å². The van der Waals surface area contributed by atoms with Crippen molar-refractivity contribution in [2.75, 3.05) is 7.11 Å². The summed E-state index contributed by atoms with van der Waals surface area (Å²) in [6.45, 7) is 11.5. The van der Waals surface area contributed by atoms with Crippen LogP contribution < -0.4 is 0 Å². The average molecular weight is 299 g/mol. The van der Waals surface area contributed by atoms with Crippen LogP contribution in [0.5, 0.6) is 0 Å². The zero-order chi connectivity index (χ0) is 16.1. The Bertz CT molecular complexity index is 669. The van der Waals surface area contributed by atoms with E-state index >= 15 is 0 Å². The SMILES string of the molecule is COC1CC(n2c(C(C)(C)C)cc3ccc(C(C)C)cc32)C1. The summed E-state index contributed by atoms with van der Waals surface area (Å²) in [6.07, 6.45) is 2.70.